The number of hydrogen-bond acceptors (Lipinski definition) is 6. The second-order valence-corrected chi connectivity index (χ2v) is 8.34. The molecule has 0 saturated carbocycles. The lowest BCUT2D eigenvalue weighted by molar-refractivity contribution is 0.0663. The molecule has 3 heterocycles. The Balaban J connectivity index is 1.41. The van der Waals surface area contributed by atoms with Crippen molar-refractivity contribution in [3.8, 4) is 0 Å². The van der Waals surface area contributed by atoms with E-state index in [4.69, 9.17) is 16.0 Å². The van der Waals surface area contributed by atoms with Crippen LogP contribution in [-0.4, -0.2) is 56.2 Å². The van der Waals surface area contributed by atoms with E-state index in [9.17, 15) is 0 Å². The number of hydrogen-bond donors (Lipinski definition) is 0. The molecule has 1 atom stereocenters. The van der Waals surface area contributed by atoms with Gasteiger partial charge in [-0.2, -0.15) is 0 Å². The third-order valence-corrected chi connectivity index (χ3v) is 5.71. The lowest BCUT2D eigenvalue weighted by atomic mass is 10.0. The highest BCUT2D eigenvalue weighted by Crippen LogP contribution is 2.28. The second-order valence-electron chi connectivity index (χ2n) is 7.90. The number of tetrazole rings is 1. The van der Waals surface area contributed by atoms with Gasteiger partial charge in [0.15, 0.2) is 5.82 Å². The van der Waals surface area contributed by atoms with Gasteiger partial charge in [-0.1, -0.05) is 37.6 Å². The summed E-state index contributed by atoms with van der Waals surface area (Å²) < 4.78 is 7.35. The van der Waals surface area contributed by atoms with Gasteiger partial charge < -0.3 is 4.42 Å². The number of halogens is 1. The van der Waals surface area contributed by atoms with Crippen molar-refractivity contribution in [1.29, 1.82) is 0 Å². The summed E-state index contributed by atoms with van der Waals surface area (Å²) in [4.78, 5) is 5.00. The molecule has 1 fully saturated rings. The monoisotopic (exact) mass is 414 g/mol. The van der Waals surface area contributed by atoms with Crippen LogP contribution in [0.25, 0.3) is 0 Å². The molecule has 0 spiro atoms. The highest BCUT2D eigenvalue weighted by atomic mass is 35.5. The first-order chi connectivity index (χ1) is 14.1. The van der Waals surface area contributed by atoms with Crippen molar-refractivity contribution in [1.82, 2.24) is 30.0 Å². The molecule has 7 nitrogen and oxygen atoms in total. The van der Waals surface area contributed by atoms with E-state index in [2.05, 4.69) is 51.3 Å². The van der Waals surface area contributed by atoms with Gasteiger partial charge in [-0.3, -0.25) is 9.80 Å². The fraction of sp³-hybridized carbons (Fsp3) is 0.476. The maximum absolute atomic E-state index is 6.00. The van der Waals surface area contributed by atoms with Crippen LogP contribution < -0.4 is 0 Å². The van der Waals surface area contributed by atoms with E-state index in [1.165, 1.54) is 5.56 Å². The Morgan fingerprint density at radius 3 is 2.45 bits per heavy atom. The Bertz CT molecular complexity index is 884. The van der Waals surface area contributed by atoms with Gasteiger partial charge in [-0.25, -0.2) is 4.68 Å². The van der Waals surface area contributed by atoms with E-state index < -0.39 is 0 Å². The maximum atomic E-state index is 6.00. The van der Waals surface area contributed by atoms with E-state index in [0.717, 1.165) is 49.3 Å². The summed E-state index contributed by atoms with van der Waals surface area (Å²) in [6.07, 6.45) is 1.68. The first kappa shape index (κ1) is 20.1. The Morgan fingerprint density at radius 1 is 1.03 bits per heavy atom. The van der Waals surface area contributed by atoms with E-state index in [1.54, 1.807) is 6.26 Å². The summed E-state index contributed by atoms with van der Waals surface area (Å²) in [5.74, 6) is 2.16. The molecule has 1 aliphatic rings. The Kier molecular flexibility index (Phi) is 6.28. The summed E-state index contributed by atoms with van der Waals surface area (Å²) in [5.41, 5.74) is 1.30. The Labute approximate surface area is 176 Å². The Hall–Kier alpha value is -2.22. The number of rotatable bonds is 7. The molecule has 0 N–H and O–H groups in total. The first-order valence-corrected chi connectivity index (χ1v) is 10.5. The summed E-state index contributed by atoms with van der Waals surface area (Å²) in [6, 6.07) is 12.1. The molecule has 3 aromatic rings. The molecule has 154 valence electrons. The van der Waals surface area contributed by atoms with Crippen molar-refractivity contribution in [2.45, 2.75) is 33.0 Å². The quantitative estimate of drug-likeness (QED) is 0.589. The van der Waals surface area contributed by atoms with E-state index in [-0.39, 0.29) is 6.04 Å². The molecule has 2 aromatic heterocycles. The van der Waals surface area contributed by atoms with Gasteiger partial charge in [0.1, 0.15) is 12.3 Å². The van der Waals surface area contributed by atoms with Gasteiger partial charge in [-0.05, 0) is 46.2 Å². The summed E-state index contributed by atoms with van der Waals surface area (Å²) in [7, 11) is 0. The van der Waals surface area contributed by atoms with Crippen LogP contribution in [0.4, 0.5) is 0 Å². The zero-order chi connectivity index (χ0) is 20.2. The molecule has 4 rings (SSSR count). The van der Waals surface area contributed by atoms with Crippen molar-refractivity contribution in [3.63, 3.8) is 0 Å². The number of benzene rings is 1. The summed E-state index contributed by atoms with van der Waals surface area (Å²) in [6.45, 7) is 9.99. The molecule has 0 radical (unpaired) electrons. The number of aromatic nitrogens is 4. The molecular weight excluding hydrogens is 388 g/mol. The van der Waals surface area contributed by atoms with Crippen molar-refractivity contribution in [3.05, 3.63) is 64.8 Å². The molecule has 0 unspecified atom stereocenters. The van der Waals surface area contributed by atoms with E-state index >= 15 is 0 Å². The summed E-state index contributed by atoms with van der Waals surface area (Å²) >= 11 is 6.00. The van der Waals surface area contributed by atoms with Gasteiger partial charge in [0.25, 0.3) is 0 Å². The van der Waals surface area contributed by atoms with Crippen LogP contribution in [0.15, 0.2) is 47.1 Å². The van der Waals surface area contributed by atoms with Crippen LogP contribution in [0, 0.1) is 5.92 Å². The molecule has 0 aliphatic carbocycles. The smallest absolute Gasteiger partial charge is 0.169 e. The molecule has 8 heteroatoms. The lowest BCUT2D eigenvalue weighted by Crippen LogP contribution is -2.48. The molecule has 1 aromatic carbocycles. The highest BCUT2D eigenvalue weighted by Gasteiger charge is 2.31. The predicted octanol–water partition coefficient (Wildman–Crippen LogP) is 3.48. The van der Waals surface area contributed by atoms with E-state index in [1.807, 2.05) is 28.9 Å². The van der Waals surface area contributed by atoms with Gasteiger partial charge in [-0.15, -0.1) is 5.10 Å². The van der Waals surface area contributed by atoms with Gasteiger partial charge in [0, 0.05) is 37.7 Å². The Morgan fingerprint density at radius 2 is 1.79 bits per heavy atom. The minimum atomic E-state index is 0.178. The SMILES string of the molecule is CC(C)[C@H](c1nnnn1Cc1ccco1)N1CCN(Cc2ccc(Cl)cc2)CC1. The van der Waals surface area contributed by atoms with Crippen molar-refractivity contribution >= 4 is 11.6 Å². The zero-order valence-corrected chi connectivity index (χ0v) is 17.7. The third-order valence-electron chi connectivity index (χ3n) is 5.46. The number of piperazine rings is 1. The summed E-state index contributed by atoms with van der Waals surface area (Å²) in [5, 5.41) is 13.3. The zero-order valence-electron chi connectivity index (χ0n) is 16.9. The third kappa shape index (κ3) is 4.86. The van der Waals surface area contributed by atoms with E-state index in [0.29, 0.717) is 12.5 Å². The molecule has 1 aliphatic heterocycles. The molecule has 0 bridgehead atoms. The standard InChI is InChI=1S/C21H27ClN6O/c1-16(2)20(21-23-24-25-28(21)15-19-4-3-13-29-19)27-11-9-26(10-12-27)14-17-5-7-18(22)8-6-17/h3-8,13,16,20H,9-12,14-15H2,1-2H3/t20-/m1/s1. The molecule has 29 heavy (non-hydrogen) atoms. The molecular formula is C21H27ClN6O. The number of nitrogens with zero attached hydrogens (tertiary/aromatic N) is 6. The minimum Gasteiger partial charge on any atom is -0.467 e. The minimum absolute atomic E-state index is 0.178. The highest BCUT2D eigenvalue weighted by molar-refractivity contribution is 6.30. The van der Waals surface area contributed by atoms with Gasteiger partial charge in [0.2, 0.25) is 0 Å². The molecule has 1 saturated heterocycles. The van der Waals surface area contributed by atoms with Gasteiger partial charge >= 0.3 is 0 Å². The van der Waals surface area contributed by atoms with Crippen LogP contribution in [0.3, 0.4) is 0 Å². The van der Waals surface area contributed by atoms with Gasteiger partial charge in [0.05, 0.1) is 12.3 Å². The van der Waals surface area contributed by atoms with Crippen LogP contribution in [-0.2, 0) is 13.1 Å². The fourth-order valence-corrected chi connectivity index (χ4v) is 4.14. The van der Waals surface area contributed by atoms with Crippen molar-refractivity contribution in [2.24, 2.45) is 5.92 Å². The average Bonchev–Trinajstić information content (AvgIpc) is 3.38. The largest absolute Gasteiger partial charge is 0.467 e. The van der Waals surface area contributed by atoms with Crippen LogP contribution >= 0.6 is 11.6 Å². The van der Waals surface area contributed by atoms with Crippen LogP contribution in [0.1, 0.15) is 37.0 Å². The van der Waals surface area contributed by atoms with Crippen molar-refractivity contribution in [2.75, 3.05) is 26.2 Å². The van der Waals surface area contributed by atoms with Crippen molar-refractivity contribution < 1.29 is 4.42 Å². The maximum Gasteiger partial charge on any atom is 0.169 e. The average molecular weight is 415 g/mol. The lowest BCUT2D eigenvalue weighted by Gasteiger charge is -2.40. The molecule has 0 amide bonds. The topological polar surface area (TPSA) is 63.2 Å². The normalized spacial score (nSPS) is 17.1. The second kappa shape index (κ2) is 9.07. The predicted molar refractivity (Wildman–Crippen MR) is 112 cm³/mol. The van der Waals surface area contributed by atoms with Crippen LogP contribution in [0.5, 0.6) is 0 Å². The first-order valence-electron chi connectivity index (χ1n) is 10.1. The number of furan rings is 1. The van der Waals surface area contributed by atoms with Crippen LogP contribution in [0.2, 0.25) is 5.02 Å². The fourth-order valence-electron chi connectivity index (χ4n) is 4.02.